The molecule has 0 aliphatic heterocycles. The van der Waals surface area contributed by atoms with Crippen LogP contribution in [-0.4, -0.2) is 9.55 Å². The van der Waals surface area contributed by atoms with Crippen LogP contribution in [0.4, 0.5) is 0 Å². The van der Waals surface area contributed by atoms with Crippen LogP contribution in [-0.2, 0) is 6.42 Å². The van der Waals surface area contributed by atoms with Gasteiger partial charge in [0.25, 0.3) is 0 Å². The largest absolute Gasteiger partial charge is 0.306 e. The van der Waals surface area contributed by atoms with E-state index in [1.54, 1.807) is 0 Å². The standard InChI is InChI=1S/C11H16BrN3/c1-4-5-6-10-11(12)15(8(2)7-13)9(3)14-10/h8H,4-6H2,1-3H3. The van der Waals surface area contributed by atoms with Gasteiger partial charge in [-0.05, 0) is 42.6 Å². The zero-order chi connectivity index (χ0) is 11.4. The van der Waals surface area contributed by atoms with Gasteiger partial charge in [-0.2, -0.15) is 5.26 Å². The van der Waals surface area contributed by atoms with Crippen molar-refractivity contribution in [2.45, 2.75) is 46.1 Å². The molecular weight excluding hydrogens is 254 g/mol. The lowest BCUT2D eigenvalue weighted by molar-refractivity contribution is 0.636. The molecule has 1 unspecified atom stereocenters. The molecule has 0 saturated heterocycles. The van der Waals surface area contributed by atoms with Crippen LogP contribution in [0.25, 0.3) is 0 Å². The maximum absolute atomic E-state index is 8.90. The second-order valence-electron chi connectivity index (χ2n) is 3.68. The van der Waals surface area contributed by atoms with Crippen LogP contribution in [0.2, 0.25) is 0 Å². The molecule has 3 nitrogen and oxygen atoms in total. The van der Waals surface area contributed by atoms with Gasteiger partial charge in [-0.3, -0.25) is 0 Å². The summed E-state index contributed by atoms with van der Waals surface area (Å²) in [5.74, 6) is 0.905. The summed E-state index contributed by atoms with van der Waals surface area (Å²) in [6, 6.07) is 2.06. The first-order chi connectivity index (χ1) is 7.11. The van der Waals surface area contributed by atoms with Crippen molar-refractivity contribution in [3.63, 3.8) is 0 Å². The van der Waals surface area contributed by atoms with Crippen LogP contribution in [0.3, 0.4) is 0 Å². The molecule has 4 heteroatoms. The fourth-order valence-corrected chi connectivity index (χ4v) is 2.44. The molecule has 1 atom stereocenters. The van der Waals surface area contributed by atoms with E-state index in [4.69, 9.17) is 5.26 Å². The molecular formula is C11H16BrN3. The summed E-state index contributed by atoms with van der Waals surface area (Å²) in [6.07, 6.45) is 3.27. The first-order valence-corrected chi connectivity index (χ1v) is 6.03. The SMILES string of the molecule is CCCCc1nc(C)n(C(C)C#N)c1Br. The molecule has 0 fully saturated rings. The van der Waals surface area contributed by atoms with Crippen molar-refractivity contribution in [2.24, 2.45) is 0 Å². The Bertz CT molecular complexity index is 376. The molecule has 0 aliphatic rings. The minimum Gasteiger partial charge on any atom is -0.306 e. The Morgan fingerprint density at radius 3 is 2.80 bits per heavy atom. The monoisotopic (exact) mass is 269 g/mol. The van der Waals surface area contributed by atoms with E-state index in [1.807, 2.05) is 18.4 Å². The van der Waals surface area contributed by atoms with Gasteiger partial charge in [0.05, 0.1) is 11.8 Å². The van der Waals surface area contributed by atoms with E-state index in [0.717, 1.165) is 35.4 Å². The Labute approximate surface area is 99.2 Å². The van der Waals surface area contributed by atoms with Crippen molar-refractivity contribution < 1.29 is 0 Å². The van der Waals surface area contributed by atoms with Gasteiger partial charge in [0, 0.05) is 0 Å². The summed E-state index contributed by atoms with van der Waals surface area (Å²) >= 11 is 3.52. The third kappa shape index (κ3) is 2.60. The van der Waals surface area contributed by atoms with Crippen molar-refractivity contribution in [2.75, 3.05) is 0 Å². The van der Waals surface area contributed by atoms with Crippen LogP contribution in [0.5, 0.6) is 0 Å². The molecule has 0 spiro atoms. The molecule has 0 N–H and O–H groups in total. The maximum atomic E-state index is 8.90. The van der Waals surface area contributed by atoms with Gasteiger partial charge in [-0.1, -0.05) is 13.3 Å². The minimum atomic E-state index is -0.165. The lowest BCUT2D eigenvalue weighted by Crippen LogP contribution is -2.05. The summed E-state index contributed by atoms with van der Waals surface area (Å²) in [5, 5.41) is 8.90. The third-order valence-electron chi connectivity index (χ3n) is 2.44. The summed E-state index contributed by atoms with van der Waals surface area (Å²) < 4.78 is 2.90. The van der Waals surface area contributed by atoms with Crippen molar-refractivity contribution in [3.05, 3.63) is 16.1 Å². The predicted molar refractivity (Wildman–Crippen MR) is 63.6 cm³/mol. The molecule has 0 radical (unpaired) electrons. The highest BCUT2D eigenvalue weighted by atomic mass is 79.9. The van der Waals surface area contributed by atoms with E-state index in [2.05, 4.69) is 33.9 Å². The maximum Gasteiger partial charge on any atom is 0.120 e. The Balaban J connectivity index is 2.99. The number of aryl methyl sites for hydroxylation is 2. The van der Waals surface area contributed by atoms with E-state index >= 15 is 0 Å². The Morgan fingerprint density at radius 1 is 1.60 bits per heavy atom. The van der Waals surface area contributed by atoms with Crippen LogP contribution >= 0.6 is 15.9 Å². The zero-order valence-corrected chi connectivity index (χ0v) is 11.0. The van der Waals surface area contributed by atoms with Crippen molar-refractivity contribution in [1.29, 1.82) is 5.26 Å². The molecule has 1 heterocycles. The van der Waals surface area contributed by atoms with E-state index in [1.165, 1.54) is 0 Å². The molecule has 82 valence electrons. The second-order valence-corrected chi connectivity index (χ2v) is 4.43. The zero-order valence-electron chi connectivity index (χ0n) is 9.42. The average molecular weight is 270 g/mol. The van der Waals surface area contributed by atoms with Crippen LogP contribution in [0, 0.1) is 18.3 Å². The first-order valence-electron chi connectivity index (χ1n) is 5.24. The number of rotatable bonds is 4. The molecule has 0 aliphatic carbocycles. The second kappa shape index (κ2) is 5.32. The summed E-state index contributed by atoms with van der Waals surface area (Å²) in [4.78, 5) is 4.48. The van der Waals surface area contributed by atoms with E-state index in [0.29, 0.717) is 0 Å². The number of aromatic nitrogens is 2. The van der Waals surface area contributed by atoms with Gasteiger partial charge in [0.1, 0.15) is 16.5 Å². The summed E-state index contributed by atoms with van der Waals surface area (Å²) in [5.41, 5.74) is 1.07. The van der Waals surface area contributed by atoms with Gasteiger partial charge >= 0.3 is 0 Å². The molecule has 0 saturated carbocycles. The lowest BCUT2D eigenvalue weighted by Gasteiger charge is -2.08. The van der Waals surface area contributed by atoms with Gasteiger partial charge in [-0.25, -0.2) is 4.98 Å². The molecule has 15 heavy (non-hydrogen) atoms. The third-order valence-corrected chi connectivity index (χ3v) is 3.28. The highest BCUT2D eigenvalue weighted by Crippen LogP contribution is 2.24. The molecule has 0 aromatic carbocycles. The molecule has 1 aromatic rings. The molecule has 1 aromatic heterocycles. The molecule has 1 rings (SSSR count). The lowest BCUT2D eigenvalue weighted by atomic mass is 10.2. The van der Waals surface area contributed by atoms with Crippen molar-refractivity contribution >= 4 is 15.9 Å². The van der Waals surface area contributed by atoms with Gasteiger partial charge in [0.15, 0.2) is 0 Å². The van der Waals surface area contributed by atoms with Crippen molar-refractivity contribution in [3.8, 4) is 6.07 Å². The number of hydrogen-bond donors (Lipinski definition) is 0. The highest BCUT2D eigenvalue weighted by Gasteiger charge is 2.15. The highest BCUT2D eigenvalue weighted by molar-refractivity contribution is 9.10. The fraction of sp³-hybridized carbons (Fsp3) is 0.636. The fourth-order valence-electron chi connectivity index (χ4n) is 1.59. The van der Waals surface area contributed by atoms with Crippen LogP contribution in [0.1, 0.15) is 44.2 Å². The molecule has 0 bridgehead atoms. The van der Waals surface area contributed by atoms with Crippen LogP contribution in [0.15, 0.2) is 4.60 Å². The Hall–Kier alpha value is -0.820. The van der Waals surface area contributed by atoms with Gasteiger partial charge in [-0.15, -0.1) is 0 Å². The van der Waals surface area contributed by atoms with Gasteiger partial charge < -0.3 is 4.57 Å². The number of imidazole rings is 1. The number of nitrogens with zero attached hydrogens (tertiary/aromatic N) is 3. The smallest absolute Gasteiger partial charge is 0.120 e. The van der Waals surface area contributed by atoms with E-state index in [9.17, 15) is 0 Å². The normalized spacial score (nSPS) is 12.5. The van der Waals surface area contributed by atoms with Crippen LogP contribution < -0.4 is 0 Å². The predicted octanol–water partition coefficient (Wildman–Crippen LogP) is 3.38. The average Bonchev–Trinajstić information content (AvgIpc) is 2.50. The van der Waals surface area contributed by atoms with E-state index < -0.39 is 0 Å². The summed E-state index contributed by atoms with van der Waals surface area (Å²) in [7, 11) is 0. The first kappa shape index (κ1) is 12.3. The quantitative estimate of drug-likeness (QED) is 0.841. The Morgan fingerprint density at radius 2 is 2.27 bits per heavy atom. The van der Waals surface area contributed by atoms with Gasteiger partial charge in [0.2, 0.25) is 0 Å². The topological polar surface area (TPSA) is 41.6 Å². The number of halogens is 1. The van der Waals surface area contributed by atoms with Crippen molar-refractivity contribution in [1.82, 2.24) is 9.55 Å². The Kier molecular flexibility index (Phi) is 4.34. The summed E-state index contributed by atoms with van der Waals surface area (Å²) in [6.45, 7) is 5.98. The molecule has 0 amide bonds. The van der Waals surface area contributed by atoms with E-state index in [-0.39, 0.29) is 6.04 Å². The number of unbranched alkanes of at least 4 members (excludes halogenated alkanes) is 1. The number of hydrogen-bond acceptors (Lipinski definition) is 2. The number of nitriles is 1. The minimum absolute atomic E-state index is 0.165.